The van der Waals surface area contributed by atoms with Crippen molar-refractivity contribution < 1.29 is 9.84 Å². The number of aliphatic hydroxyl groups is 1. The van der Waals surface area contributed by atoms with Gasteiger partial charge in [0.25, 0.3) is 0 Å². The SMILES string of the molecule is CC(O)c1cc(Br)ccc1OCCC1CC1. The Morgan fingerprint density at radius 2 is 2.25 bits per heavy atom. The lowest BCUT2D eigenvalue weighted by Crippen LogP contribution is -2.02. The molecule has 1 aromatic carbocycles. The summed E-state index contributed by atoms with van der Waals surface area (Å²) in [5, 5.41) is 9.65. The van der Waals surface area contributed by atoms with Gasteiger partial charge in [-0.2, -0.15) is 0 Å². The van der Waals surface area contributed by atoms with Gasteiger partial charge in [0.1, 0.15) is 5.75 Å². The van der Waals surface area contributed by atoms with Crippen LogP contribution in [0, 0.1) is 5.92 Å². The average Bonchev–Trinajstić information content (AvgIpc) is 3.04. The Bertz CT molecular complexity index is 359. The largest absolute Gasteiger partial charge is 0.493 e. The molecule has 2 nitrogen and oxygen atoms in total. The van der Waals surface area contributed by atoms with E-state index in [1.807, 2.05) is 18.2 Å². The van der Waals surface area contributed by atoms with E-state index in [1.165, 1.54) is 12.8 Å². The van der Waals surface area contributed by atoms with Gasteiger partial charge in [-0.05, 0) is 37.5 Å². The van der Waals surface area contributed by atoms with Gasteiger partial charge in [-0.15, -0.1) is 0 Å². The van der Waals surface area contributed by atoms with Gasteiger partial charge in [-0.25, -0.2) is 0 Å². The Balaban J connectivity index is 1.99. The van der Waals surface area contributed by atoms with E-state index in [0.29, 0.717) is 0 Å². The molecule has 0 bridgehead atoms. The first-order chi connectivity index (χ1) is 7.66. The minimum Gasteiger partial charge on any atom is -0.493 e. The maximum absolute atomic E-state index is 9.65. The summed E-state index contributed by atoms with van der Waals surface area (Å²) in [7, 11) is 0. The van der Waals surface area contributed by atoms with Gasteiger partial charge in [0.2, 0.25) is 0 Å². The molecule has 1 aliphatic rings. The van der Waals surface area contributed by atoms with E-state index in [2.05, 4.69) is 15.9 Å². The van der Waals surface area contributed by atoms with Crippen LogP contribution < -0.4 is 4.74 Å². The predicted octanol–water partition coefficient (Wildman–Crippen LogP) is 3.68. The van der Waals surface area contributed by atoms with Gasteiger partial charge in [0.05, 0.1) is 12.7 Å². The van der Waals surface area contributed by atoms with E-state index in [9.17, 15) is 5.11 Å². The lowest BCUT2D eigenvalue weighted by atomic mass is 10.1. The minimum atomic E-state index is -0.492. The predicted molar refractivity (Wildman–Crippen MR) is 67.6 cm³/mol. The first-order valence-electron chi connectivity index (χ1n) is 5.77. The molecule has 1 aromatic rings. The number of rotatable bonds is 5. The quantitative estimate of drug-likeness (QED) is 0.894. The highest BCUT2D eigenvalue weighted by atomic mass is 79.9. The molecule has 0 saturated heterocycles. The summed E-state index contributed by atoms with van der Waals surface area (Å²) >= 11 is 3.40. The molecule has 0 aromatic heterocycles. The Morgan fingerprint density at radius 1 is 1.50 bits per heavy atom. The Kier molecular flexibility index (Phi) is 3.87. The van der Waals surface area contributed by atoms with Crippen molar-refractivity contribution in [3.63, 3.8) is 0 Å². The van der Waals surface area contributed by atoms with Gasteiger partial charge in [0, 0.05) is 10.0 Å². The molecular weight excluding hydrogens is 268 g/mol. The van der Waals surface area contributed by atoms with Crippen molar-refractivity contribution >= 4 is 15.9 Å². The lowest BCUT2D eigenvalue weighted by molar-refractivity contribution is 0.190. The highest BCUT2D eigenvalue weighted by molar-refractivity contribution is 9.10. The summed E-state index contributed by atoms with van der Waals surface area (Å²) in [5.41, 5.74) is 0.852. The summed E-state index contributed by atoms with van der Waals surface area (Å²) in [6.07, 6.45) is 3.35. The number of benzene rings is 1. The number of halogens is 1. The smallest absolute Gasteiger partial charge is 0.125 e. The third kappa shape index (κ3) is 3.22. The van der Waals surface area contributed by atoms with Crippen molar-refractivity contribution in [3.8, 4) is 5.75 Å². The van der Waals surface area contributed by atoms with Gasteiger partial charge < -0.3 is 9.84 Å². The van der Waals surface area contributed by atoms with Crippen molar-refractivity contribution in [2.75, 3.05) is 6.61 Å². The monoisotopic (exact) mass is 284 g/mol. The van der Waals surface area contributed by atoms with Crippen LogP contribution in [0.1, 0.15) is 37.9 Å². The third-order valence-electron chi connectivity index (χ3n) is 2.90. The summed E-state index contributed by atoms with van der Waals surface area (Å²) in [4.78, 5) is 0. The van der Waals surface area contributed by atoms with Gasteiger partial charge in [0.15, 0.2) is 0 Å². The summed E-state index contributed by atoms with van der Waals surface area (Å²) in [6.45, 7) is 2.52. The van der Waals surface area contributed by atoms with E-state index in [-0.39, 0.29) is 0 Å². The zero-order valence-electron chi connectivity index (χ0n) is 9.45. The van der Waals surface area contributed by atoms with Crippen LogP contribution in [0.2, 0.25) is 0 Å². The van der Waals surface area contributed by atoms with Crippen LogP contribution in [-0.2, 0) is 0 Å². The van der Waals surface area contributed by atoms with Crippen molar-refractivity contribution in [3.05, 3.63) is 28.2 Å². The van der Waals surface area contributed by atoms with E-state index >= 15 is 0 Å². The third-order valence-corrected chi connectivity index (χ3v) is 3.40. The Hall–Kier alpha value is -0.540. The molecular formula is C13H17BrO2. The first-order valence-corrected chi connectivity index (χ1v) is 6.56. The molecule has 0 amide bonds. The van der Waals surface area contributed by atoms with Crippen LogP contribution in [0.5, 0.6) is 5.75 Å². The first kappa shape index (κ1) is 11.9. The van der Waals surface area contributed by atoms with Crippen LogP contribution in [0.3, 0.4) is 0 Å². The molecule has 1 atom stereocenters. The fourth-order valence-corrected chi connectivity index (χ4v) is 2.10. The highest BCUT2D eigenvalue weighted by Crippen LogP contribution is 2.33. The van der Waals surface area contributed by atoms with E-state index in [4.69, 9.17) is 4.74 Å². The van der Waals surface area contributed by atoms with E-state index in [1.54, 1.807) is 6.92 Å². The van der Waals surface area contributed by atoms with Crippen molar-refractivity contribution in [1.82, 2.24) is 0 Å². The second-order valence-electron chi connectivity index (χ2n) is 4.44. The minimum absolute atomic E-state index is 0.492. The summed E-state index contributed by atoms with van der Waals surface area (Å²) in [5.74, 6) is 1.68. The van der Waals surface area contributed by atoms with Crippen LogP contribution in [0.25, 0.3) is 0 Å². The van der Waals surface area contributed by atoms with Gasteiger partial charge in [-0.3, -0.25) is 0 Å². The molecule has 0 spiro atoms. The van der Waals surface area contributed by atoms with Crippen LogP contribution in [0.15, 0.2) is 22.7 Å². The Labute approximate surface area is 105 Å². The number of hydrogen-bond donors (Lipinski definition) is 1. The molecule has 1 aliphatic carbocycles. The molecule has 2 rings (SSSR count). The molecule has 0 radical (unpaired) electrons. The molecule has 1 fully saturated rings. The topological polar surface area (TPSA) is 29.5 Å². The second-order valence-corrected chi connectivity index (χ2v) is 5.35. The number of aliphatic hydroxyl groups excluding tert-OH is 1. The molecule has 3 heteroatoms. The van der Waals surface area contributed by atoms with E-state index < -0.39 is 6.10 Å². The molecule has 1 N–H and O–H groups in total. The van der Waals surface area contributed by atoms with Crippen LogP contribution in [0.4, 0.5) is 0 Å². The number of ether oxygens (including phenoxy) is 1. The molecule has 1 unspecified atom stereocenters. The van der Waals surface area contributed by atoms with Crippen molar-refractivity contribution in [2.45, 2.75) is 32.3 Å². The standard InChI is InChI=1S/C13H17BrO2/c1-9(15)12-8-11(14)4-5-13(12)16-7-6-10-2-3-10/h4-5,8-10,15H,2-3,6-7H2,1H3. The van der Waals surface area contributed by atoms with Crippen LogP contribution >= 0.6 is 15.9 Å². The summed E-state index contributed by atoms with van der Waals surface area (Å²) in [6, 6.07) is 5.77. The fourth-order valence-electron chi connectivity index (χ4n) is 1.72. The molecule has 0 aliphatic heterocycles. The maximum atomic E-state index is 9.65. The molecule has 0 heterocycles. The molecule has 1 saturated carbocycles. The van der Waals surface area contributed by atoms with Crippen LogP contribution in [-0.4, -0.2) is 11.7 Å². The fraction of sp³-hybridized carbons (Fsp3) is 0.538. The normalized spacial score (nSPS) is 17.2. The lowest BCUT2D eigenvalue weighted by Gasteiger charge is -2.13. The molecule has 16 heavy (non-hydrogen) atoms. The average molecular weight is 285 g/mol. The highest BCUT2D eigenvalue weighted by Gasteiger charge is 2.21. The van der Waals surface area contributed by atoms with E-state index in [0.717, 1.165) is 34.7 Å². The zero-order valence-corrected chi connectivity index (χ0v) is 11.0. The van der Waals surface area contributed by atoms with Gasteiger partial charge >= 0.3 is 0 Å². The maximum Gasteiger partial charge on any atom is 0.125 e. The summed E-state index contributed by atoms with van der Waals surface area (Å²) < 4.78 is 6.69. The Morgan fingerprint density at radius 3 is 2.88 bits per heavy atom. The number of hydrogen-bond acceptors (Lipinski definition) is 2. The molecule has 88 valence electrons. The second kappa shape index (κ2) is 5.19. The van der Waals surface area contributed by atoms with Crippen molar-refractivity contribution in [1.29, 1.82) is 0 Å². The zero-order chi connectivity index (χ0) is 11.5. The van der Waals surface area contributed by atoms with Gasteiger partial charge in [-0.1, -0.05) is 28.8 Å². The van der Waals surface area contributed by atoms with Crippen molar-refractivity contribution in [2.24, 2.45) is 5.92 Å².